The Kier molecular flexibility index (Phi) is 3.29. The second-order valence-corrected chi connectivity index (χ2v) is 4.07. The Morgan fingerprint density at radius 3 is 2.50 bits per heavy atom. The molecule has 0 aliphatic rings. The molecule has 0 atom stereocenters. The predicted molar refractivity (Wildman–Crippen MR) is 56.1 cm³/mol. The predicted octanol–water partition coefficient (Wildman–Crippen LogP) is 3.03. The maximum atomic E-state index is 5.52. The number of hydrogen-bond donors (Lipinski definition) is 1. The molecule has 0 heterocycles. The number of rotatable bonds is 2. The zero-order valence-corrected chi connectivity index (χ0v) is 9.06. The van der Waals surface area contributed by atoms with Gasteiger partial charge in [0, 0.05) is 11.0 Å². The molecular formula is C10H14BrN. The van der Waals surface area contributed by atoms with E-state index in [1.807, 2.05) is 0 Å². The number of benzene rings is 1. The monoisotopic (exact) mass is 227 g/mol. The van der Waals surface area contributed by atoms with Crippen LogP contribution in [-0.2, 0) is 6.54 Å². The molecule has 0 bridgehead atoms. The topological polar surface area (TPSA) is 26.0 Å². The van der Waals surface area contributed by atoms with Crippen LogP contribution in [0.25, 0.3) is 0 Å². The standard InChI is InChI=1S/C10H14BrN/c1-7(2)9-4-3-8(6-12)5-10(9)11/h3-5,7H,6,12H2,1-2H3. The van der Waals surface area contributed by atoms with Gasteiger partial charge >= 0.3 is 0 Å². The minimum Gasteiger partial charge on any atom is -0.326 e. The van der Waals surface area contributed by atoms with E-state index >= 15 is 0 Å². The highest BCUT2D eigenvalue weighted by molar-refractivity contribution is 9.10. The lowest BCUT2D eigenvalue weighted by Crippen LogP contribution is -1.97. The second kappa shape index (κ2) is 4.06. The highest BCUT2D eigenvalue weighted by Crippen LogP contribution is 2.25. The van der Waals surface area contributed by atoms with Gasteiger partial charge in [0.25, 0.3) is 0 Å². The fourth-order valence-corrected chi connectivity index (χ4v) is 2.05. The molecule has 66 valence electrons. The molecule has 2 N–H and O–H groups in total. The molecule has 0 aliphatic carbocycles. The van der Waals surface area contributed by atoms with Gasteiger partial charge in [-0.05, 0) is 23.1 Å². The molecule has 0 fully saturated rings. The fourth-order valence-electron chi connectivity index (χ4n) is 1.17. The van der Waals surface area contributed by atoms with E-state index in [2.05, 4.69) is 48.0 Å². The van der Waals surface area contributed by atoms with Crippen molar-refractivity contribution in [3.8, 4) is 0 Å². The first-order valence-corrected chi connectivity index (χ1v) is 4.93. The molecule has 1 nitrogen and oxygen atoms in total. The summed E-state index contributed by atoms with van der Waals surface area (Å²) in [5.41, 5.74) is 8.04. The van der Waals surface area contributed by atoms with E-state index in [0.29, 0.717) is 12.5 Å². The van der Waals surface area contributed by atoms with Crippen LogP contribution < -0.4 is 5.73 Å². The van der Waals surface area contributed by atoms with Crippen molar-refractivity contribution in [3.05, 3.63) is 33.8 Å². The molecule has 0 saturated carbocycles. The third-order valence-electron chi connectivity index (χ3n) is 1.92. The summed E-state index contributed by atoms with van der Waals surface area (Å²) in [4.78, 5) is 0. The zero-order valence-electron chi connectivity index (χ0n) is 7.47. The molecule has 0 aliphatic heterocycles. The Bertz CT molecular complexity index is 269. The molecule has 1 rings (SSSR count). The molecule has 1 aromatic rings. The van der Waals surface area contributed by atoms with Gasteiger partial charge in [-0.15, -0.1) is 0 Å². The van der Waals surface area contributed by atoms with Crippen LogP contribution in [0.2, 0.25) is 0 Å². The molecule has 0 unspecified atom stereocenters. The Balaban J connectivity index is 3.03. The maximum Gasteiger partial charge on any atom is 0.0213 e. The summed E-state index contributed by atoms with van der Waals surface area (Å²) in [5.74, 6) is 0.561. The van der Waals surface area contributed by atoms with Crippen LogP contribution in [0.3, 0.4) is 0 Å². The largest absolute Gasteiger partial charge is 0.326 e. The lowest BCUT2D eigenvalue weighted by Gasteiger charge is -2.09. The van der Waals surface area contributed by atoms with Crippen molar-refractivity contribution >= 4 is 15.9 Å². The Morgan fingerprint density at radius 2 is 2.08 bits per heavy atom. The molecular weight excluding hydrogens is 214 g/mol. The molecule has 0 aromatic heterocycles. The average molecular weight is 228 g/mol. The second-order valence-electron chi connectivity index (χ2n) is 3.21. The van der Waals surface area contributed by atoms with E-state index in [0.717, 1.165) is 0 Å². The third-order valence-corrected chi connectivity index (χ3v) is 2.61. The lowest BCUT2D eigenvalue weighted by molar-refractivity contribution is 0.858. The molecule has 1 aromatic carbocycles. The van der Waals surface area contributed by atoms with E-state index < -0.39 is 0 Å². The first kappa shape index (κ1) is 9.75. The third kappa shape index (κ3) is 2.08. The summed E-state index contributed by atoms with van der Waals surface area (Å²) < 4.78 is 1.17. The van der Waals surface area contributed by atoms with Crippen LogP contribution >= 0.6 is 15.9 Å². The van der Waals surface area contributed by atoms with Gasteiger partial charge in [-0.1, -0.05) is 41.9 Å². The van der Waals surface area contributed by atoms with Crippen LogP contribution in [-0.4, -0.2) is 0 Å². The van der Waals surface area contributed by atoms with Gasteiger partial charge in [0.2, 0.25) is 0 Å². The summed E-state index contributed by atoms with van der Waals surface area (Å²) in [7, 11) is 0. The van der Waals surface area contributed by atoms with Crippen molar-refractivity contribution in [2.45, 2.75) is 26.3 Å². The number of hydrogen-bond acceptors (Lipinski definition) is 1. The normalized spacial score (nSPS) is 10.8. The van der Waals surface area contributed by atoms with Crippen molar-refractivity contribution < 1.29 is 0 Å². The molecule has 2 heteroatoms. The van der Waals surface area contributed by atoms with Crippen LogP contribution in [0.15, 0.2) is 22.7 Å². The quantitative estimate of drug-likeness (QED) is 0.827. The van der Waals surface area contributed by atoms with Crippen molar-refractivity contribution in [1.29, 1.82) is 0 Å². The minimum absolute atomic E-state index is 0.561. The smallest absolute Gasteiger partial charge is 0.0213 e. The van der Waals surface area contributed by atoms with E-state index in [9.17, 15) is 0 Å². The Labute approximate surface area is 82.1 Å². The Hall–Kier alpha value is -0.340. The summed E-state index contributed by atoms with van der Waals surface area (Å²) in [6.45, 7) is 4.97. The van der Waals surface area contributed by atoms with E-state index in [1.54, 1.807) is 0 Å². The van der Waals surface area contributed by atoms with Gasteiger partial charge in [0.05, 0.1) is 0 Å². The van der Waals surface area contributed by atoms with Crippen LogP contribution in [0.1, 0.15) is 30.9 Å². The zero-order chi connectivity index (χ0) is 9.14. The van der Waals surface area contributed by atoms with Crippen molar-refractivity contribution in [2.75, 3.05) is 0 Å². The summed E-state index contributed by atoms with van der Waals surface area (Å²) in [5, 5.41) is 0. The van der Waals surface area contributed by atoms with Crippen molar-refractivity contribution in [2.24, 2.45) is 5.73 Å². The molecule has 0 saturated heterocycles. The van der Waals surface area contributed by atoms with Crippen molar-refractivity contribution in [3.63, 3.8) is 0 Å². The van der Waals surface area contributed by atoms with Gasteiger partial charge in [-0.3, -0.25) is 0 Å². The molecule has 0 amide bonds. The fraction of sp³-hybridized carbons (Fsp3) is 0.400. The molecule has 12 heavy (non-hydrogen) atoms. The molecule has 0 spiro atoms. The van der Waals surface area contributed by atoms with Gasteiger partial charge in [0.1, 0.15) is 0 Å². The Morgan fingerprint density at radius 1 is 1.42 bits per heavy atom. The first-order valence-electron chi connectivity index (χ1n) is 4.13. The summed E-state index contributed by atoms with van der Waals surface area (Å²) in [6.07, 6.45) is 0. The highest BCUT2D eigenvalue weighted by atomic mass is 79.9. The van der Waals surface area contributed by atoms with E-state index in [1.165, 1.54) is 15.6 Å². The highest BCUT2D eigenvalue weighted by Gasteiger charge is 2.03. The number of nitrogens with two attached hydrogens (primary N) is 1. The van der Waals surface area contributed by atoms with Crippen LogP contribution in [0.4, 0.5) is 0 Å². The van der Waals surface area contributed by atoms with E-state index in [4.69, 9.17) is 5.73 Å². The molecule has 0 radical (unpaired) electrons. The SMILES string of the molecule is CC(C)c1ccc(CN)cc1Br. The van der Waals surface area contributed by atoms with Crippen LogP contribution in [0, 0.1) is 0 Å². The lowest BCUT2D eigenvalue weighted by atomic mass is 10.0. The van der Waals surface area contributed by atoms with Crippen LogP contribution in [0.5, 0.6) is 0 Å². The van der Waals surface area contributed by atoms with Gasteiger partial charge in [0.15, 0.2) is 0 Å². The number of halogens is 1. The van der Waals surface area contributed by atoms with Crippen molar-refractivity contribution in [1.82, 2.24) is 0 Å². The average Bonchev–Trinajstić information content (AvgIpc) is 2.03. The summed E-state index contributed by atoms with van der Waals surface area (Å²) in [6, 6.07) is 6.31. The van der Waals surface area contributed by atoms with Gasteiger partial charge in [-0.25, -0.2) is 0 Å². The van der Waals surface area contributed by atoms with Gasteiger partial charge < -0.3 is 5.73 Å². The summed E-state index contributed by atoms with van der Waals surface area (Å²) >= 11 is 3.53. The minimum atomic E-state index is 0.561. The first-order chi connectivity index (χ1) is 5.65. The van der Waals surface area contributed by atoms with Gasteiger partial charge in [-0.2, -0.15) is 0 Å². The van der Waals surface area contributed by atoms with E-state index in [-0.39, 0.29) is 0 Å². The maximum absolute atomic E-state index is 5.52.